The predicted molar refractivity (Wildman–Crippen MR) is 92.9 cm³/mol. The molecular weight excluding hydrogens is 292 g/mol. The molecule has 0 spiro atoms. The van der Waals surface area contributed by atoms with E-state index in [-0.39, 0.29) is 5.91 Å². The number of ether oxygens (including phenoxy) is 1. The second kappa shape index (κ2) is 7.49. The van der Waals surface area contributed by atoms with Gasteiger partial charge in [0.05, 0.1) is 0 Å². The third-order valence-electron chi connectivity index (χ3n) is 3.29. The van der Waals surface area contributed by atoms with E-state index >= 15 is 0 Å². The molecule has 1 aromatic carbocycles. The molecule has 1 aromatic rings. The van der Waals surface area contributed by atoms with Crippen LogP contribution in [0.2, 0.25) is 0 Å². The first-order chi connectivity index (χ1) is 10.5. The fourth-order valence-electron chi connectivity index (χ4n) is 2.61. The summed E-state index contributed by atoms with van der Waals surface area (Å²) >= 11 is 0. The number of carbonyl (C=O) groups is 2. The lowest BCUT2D eigenvalue weighted by Crippen LogP contribution is -2.40. The van der Waals surface area contributed by atoms with Crippen LogP contribution in [0.1, 0.15) is 44.4 Å². The van der Waals surface area contributed by atoms with Crippen LogP contribution in [0.4, 0.5) is 10.5 Å². The molecule has 1 N–H and O–H groups in total. The minimum absolute atomic E-state index is 0.0500. The van der Waals surface area contributed by atoms with Gasteiger partial charge in [-0.2, -0.15) is 0 Å². The Morgan fingerprint density at radius 2 is 1.65 bits per heavy atom. The van der Waals surface area contributed by atoms with Crippen LogP contribution in [0.5, 0.6) is 0 Å². The zero-order chi connectivity index (χ0) is 17.8. The number of hydrogen-bond donors (Lipinski definition) is 1. The Morgan fingerprint density at radius 3 is 2.09 bits per heavy atom. The zero-order valence-corrected chi connectivity index (χ0v) is 15.2. The van der Waals surface area contributed by atoms with Gasteiger partial charge in [-0.3, -0.25) is 4.79 Å². The molecule has 0 saturated heterocycles. The van der Waals surface area contributed by atoms with E-state index in [9.17, 15) is 9.59 Å². The van der Waals surface area contributed by atoms with Crippen LogP contribution in [-0.4, -0.2) is 30.7 Å². The first-order valence-corrected chi connectivity index (χ1v) is 7.84. The molecule has 0 aliphatic carbocycles. The van der Waals surface area contributed by atoms with Crippen molar-refractivity contribution in [2.24, 2.45) is 0 Å². The SMILES string of the molecule is CC(=O)N(CCNC(=O)OC(C)(C)C)c1c(C)cc(C)cc1C. The molecule has 0 aromatic heterocycles. The van der Waals surface area contributed by atoms with Crippen molar-refractivity contribution in [3.8, 4) is 0 Å². The molecule has 0 aliphatic rings. The molecule has 0 atom stereocenters. The van der Waals surface area contributed by atoms with Gasteiger partial charge in [-0.25, -0.2) is 4.79 Å². The third-order valence-corrected chi connectivity index (χ3v) is 3.29. The van der Waals surface area contributed by atoms with E-state index in [1.165, 1.54) is 12.5 Å². The fourth-order valence-corrected chi connectivity index (χ4v) is 2.61. The molecule has 0 fully saturated rings. The maximum Gasteiger partial charge on any atom is 0.407 e. The lowest BCUT2D eigenvalue weighted by atomic mass is 10.0. The number of nitrogens with zero attached hydrogens (tertiary/aromatic N) is 1. The van der Waals surface area contributed by atoms with Crippen LogP contribution in [-0.2, 0) is 9.53 Å². The summed E-state index contributed by atoms with van der Waals surface area (Å²) in [6.45, 7) is 13.7. The van der Waals surface area contributed by atoms with Crippen molar-refractivity contribution >= 4 is 17.7 Å². The highest BCUT2D eigenvalue weighted by Gasteiger charge is 2.18. The Balaban J connectivity index is 2.79. The zero-order valence-electron chi connectivity index (χ0n) is 15.2. The van der Waals surface area contributed by atoms with Crippen molar-refractivity contribution < 1.29 is 14.3 Å². The summed E-state index contributed by atoms with van der Waals surface area (Å²) in [6.07, 6.45) is -0.474. The smallest absolute Gasteiger partial charge is 0.407 e. The minimum Gasteiger partial charge on any atom is -0.444 e. The Hall–Kier alpha value is -2.04. The van der Waals surface area contributed by atoms with E-state index in [1.54, 1.807) is 4.90 Å². The van der Waals surface area contributed by atoms with E-state index in [2.05, 4.69) is 17.4 Å². The Kier molecular flexibility index (Phi) is 6.19. The lowest BCUT2D eigenvalue weighted by molar-refractivity contribution is -0.116. The monoisotopic (exact) mass is 320 g/mol. The third kappa shape index (κ3) is 5.93. The quantitative estimate of drug-likeness (QED) is 0.924. The summed E-state index contributed by atoms with van der Waals surface area (Å²) in [5.74, 6) is -0.0500. The molecule has 1 rings (SSSR count). The van der Waals surface area contributed by atoms with Crippen LogP contribution in [0, 0.1) is 20.8 Å². The van der Waals surface area contributed by atoms with E-state index in [0.717, 1.165) is 16.8 Å². The summed E-state index contributed by atoms with van der Waals surface area (Å²) in [7, 11) is 0. The Morgan fingerprint density at radius 1 is 1.13 bits per heavy atom. The lowest BCUT2D eigenvalue weighted by Gasteiger charge is -2.26. The van der Waals surface area contributed by atoms with Crippen molar-refractivity contribution in [1.29, 1.82) is 0 Å². The summed E-state index contributed by atoms with van der Waals surface area (Å²) in [6, 6.07) is 4.11. The number of anilines is 1. The van der Waals surface area contributed by atoms with Gasteiger partial charge in [0.25, 0.3) is 0 Å². The van der Waals surface area contributed by atoms with Gasteiger partial charge in [-0.1, -0.05) is 17.7 Å². The van der Waals surface area contributed by atoms with Gasteiger partial charge in [0, 0.05) is 25.7 Å². The highest BCUT2D eigenvalue weighted by Crippen LogP contribution is 2.26. The summed E-state index contributed by atoms with van der Waals surface area (Å²) < 4.78 is 5.20. The van der Waals surface area contributed by atoms with Gasteiger partial charge in [0.15, 0.2) is 0 Å². The van der Waals surface area contributed by atoms with Crippen molar-refractivity contribution in [3.63, 3.8) is 0 Å². The van der Waals surface area contributed by atoms with Gasteiger partial charge in [0.2, 0.25) is 5.91 Å². The minimum atomic E-state index is -0.533. The van der Waals surface area contributed by atoms with Gasteiger partial charge in [0.1, 0.15) is 5.60 Å². The number of rotatable bonds is 4. The van der Waals surface area contributed by atoms with Gasteiger partial charge >= 0.3 is 6.09 Å². The molecule has 0 radical (unpaired) electrons. The average Bonchev–Trinajstić information content (AvgIpc) is 2.33. The van der Waals surface area contributed by atoms with Crippen LogP contribution in [0.25, 0.3) is 0 Å². The molecule has 5 heteroatoms. The van der Waals surface area contributed by atoms with Gasteiger partial charge < -0.3 is 15.0 Å². The molecule has 0 aliphatic heterocycles. The average molecular weight is 320 g/mol. The number of alkyl carbamates (subject to hydrolysis) is 1. The number of carbonyl (C=O) groups excluding carboxylic acids is 2. The largest absolute Gasteiger partial charge is 0.444 e. The molecule has 0 unspecified atom stereocenters. The van der Waals surface area contributed by atoms with Crippen molar-refractivity contribution in [1.82, 2.24) is 5.32 Å². The predicted octanol–water partition coefficient (Wildman–Crippen LogP) is 3.49. The highest BCUT2D eigenvalue weighted by molar-refractivity contribution is 5.93. The van der Waals surface area contributed by atoms with E-state index in [1.807, 2.05) is 41.5 Å². The number of nitrogens with one attached hydrogen (secondary N) is 1. The van der Waals surface area contributed by atoms with Crippen LogP contribution < -0.4 is 10.2 Å². The molecule has 0 saturated carbocycles. The summed E-state index contributed by atoms with van der Waals surface area (Å²) in [5.41, 5.74) is 3.65. The van der Waals surface area contributed by atoms with E-state index in [4.69, 9.17) is 4.74 Å². The topological polar surface area (TPSA) is 58.6 Å². The summed E-state index contributed by atoms with van der Waals surface area (Å²) in [5, 5.41) is 2.69. The van der Waals surface area contributed by atoms with E-state index in [0.29, 0.717) is 13.1 Å². The molecule has 0 heterocycles. The van der Waals surface area contributed by atoms with Crippen molar-refractivity contribution in [2.45, 2.75) is 54.1 Å². The van der Waals surface area contributed by atoms with Gasteiger partial charge in [-0.15, -0.1) is 0 Å². The molecular formula is C18H28N2O3. The number of hydrogen-bond acceptors (Lipinski definition) is 3. The number of aryl methyl sites for hydroxylation is 3. The molecule has 2 amide bonds. The van der Waals surface area contributed by atoms with Gasteiger partial charge in [-0.05, 0) is 52.7 Å². The van der Waals surface area contributed by atoms with Crippen LogP contribution in [0.3, 0.4) is 0 Å². The number of amides is 2. The first kappa shape index (κ1) is 19.0. The standard InChI is InChI=1S/C18H28N2O3/c1-12-10-13(2)16(14(3)11-12)20(15(4)21)9-8-19-17(22)23-18(5,6)7/h10-11H,8-9H2,1-7H3,(H,19,22). The Bertz CT molecular complexity index is 565. The van der Waals surface area contributed by atoms with Crippen LogP contribution >= 0.6 is 0 Å². The van der Waals surface area contributed by atoms with Crippen LogP contribution in [0.15, 0.2) is 12.1 Å². The maximum absolute atomic E-state index is 12.0. The molecule has 128 valence electrons. The maximum atomic E-state index is 12.0. The van der Waals surface area contributed by atoms with Crippen molar-refractivity contribution in [3.05, 3.63) is 28.8 Å². The normalized spacial score (nSPS) is 11.1. The number of benzene rings is 1. The second-order valence-corrected chi connectivity index (χ2v) is 6.85. The highest BCUT2D eigenvalue weighted by atomic mass is 16.6. The first-order valence-electron chi connectivity index (χ1n) is 7.84. The molecule has 0 bridgehead atoms. The Labute approximate surface area is 139 Å². The fraction of sp³-hybridized carbons (Fsp3) is 0.556. The molecule has 23 heavy (non-hydrogen) atoms. The van der Waals surface area contributed by atoms with E-state index < -0.39 is 11.7 Å². The summed E-state index contributed by atoms with van der Waals surface area (Å²) in [4.78, 5) is 25.4. The van der Waals surface area contributed by atoms with Crippen molar-refractivity contribution in [2.75, 3.05) is 18.0 Å². The second-order valence-electron chi connectivity index (χ2n) is 6.85. The molecule has 5 nitrogen and oxygen atoms in total.